The second-order valence-electron chi connectivity index (χ2n) is 6.53. The molecular formula is C18H25N5O. The molecule has 128 valence electrons. The first-order valence-corrected chi connectivity index (χ1v) is 8.44. The van der Waals surface area contributed by atoms with Crippen molar-refractivity contribution < 1.29 is 5.11 Å². The third-order valence-corrected chi connectivity index (χ3v) is 3.95. The molecule has 0 aliphatic heterocycles. The van der Waals surface area contributed by atoms with Gasteiger partial charge in [-0.2, -0.15) is 4.98 Å². The van der Waals surface area contributed by atoms with Crippen molar-refractivity contribution in [1.82, 2.24) is 14.9 Å². The molecule has 0 atom stereocenters. The molecular weight excluding hydrogens is 302 g/mol. The van der Waals surface area contributed by atoms with Gasteiger partial charge in [-0.25, -0.2) is 4.98 Å². The predicted octanol–water partition coefficient (Wildman–Crippen LogP) is 3.17. The van der Waals surface area contributed by atoms with Crippen LogP contribution in [0.4, 0.5) is 17.5 Å². The lowest BCUT2D eigenvalue weighted by Gasteiger charge is -2.12. The lowest BCUT2D eigenvalue weighted by atomic mass is 10.2. The molecule has 0 bridgehead atoms. The largest absolute Gasteiger partial charge is 0.508 e. The summed E-state index contributed by atoms with van der Waals surface area (Å²) < 4.78 is 0. The molecule has 2 aromatic rings. The van der Waals surface area contributed by atoms with Crippen molar-refractivity contribution in [3.8, 4) is 5.75 Å². The minimum atomic E-state index is 0.255. The second kappa shape index (κ2) is 7.49. The summed E-state index contributed by atoms with van der Waals surface area (Å²) in [5.74, 6) is 2.29. The maximum Gasteiger partial charge on any atom is 0.224 e. The van der Waals surface area contributed by atoms with E-state index in [2.05, 4.69) is 39.6 Å². The number of anilines is 3. The van der Waals surface area contributed by atoms with Crippen molar-refractivity contribution in [1.29, 1.82) is 0 Å². The van der Waals surface area contributed by atoms with Gasteiger partial charge in [-0.15, -0.1) is 0 Å². The van der Waals surface area contributed by atoms with E-state index >= 15 is 0 Å². The Kier molecular flexibility index (Phi) is 5.15. The monoisotopic (exact) mass is 327 g/mol. The maximum atomic E-state index is 9.38. The van der Waals surface area contributed by atoms with E-state index in [1.807, 2.05) is 18.2 Å². The van der Waals surface area contributed by atoms with E-state index in [0.29, 0.717) is 11.9 Å². The van der Waals surface area contributed by atoms with Crippen LogP contribution in [0.15, 0.2) is 30.3 Å². The maximum absolute atomic E-state index is 9.38. The van der Waals surface area contributed by atoms with E-state index in [1.54, 1.807) is 12.1 Å². The predicted molar refractivity (Wildman–Crippen MR) is 97.1 cm³/mol. The van der Waals surface area contributed by atoms with Crippen LogP contribution in [0.5, 0.6) is 5.75 Å². The van der Waals surface area contributed by atoms with E-state index in [4.69, 9.17) is 0 Å². The van der Waals surface area contributed by atoms with Crippen LogP contribution < -0.4 is 10.6 Å². The normalized spacial score (nSPS) is 14.0. The van der Waals surface area contributed by atoms with Crippen molar-refractivity contribution >= 4 is 17.5 Å². The Balaban J connectivity index is 1.69. The Morgan fingerprint density at radius 2 is 1.92 bits per heavy atom. The van der Waals surface area contributed by atoms with Crippen LogP contribution in [-0.2, 0) is 0 Å². The zero-order valence-electron chi connectivity index (χ0n) is 14.3. The fourth-order valence-electron chi connectivity index (χ4n) is 2.49. The standard InChI is InChI=1S/C18H25N5O/c1-23(2)11-3-10-19-18-21-16(13-4-5-13)12-17(22-18)20-14-6-8-15(24)9-7-14/h6-9,12-13,24H,3-5,10-11H2,1-2H3,(H2,19,20,21,22). The number of nitrogens with zero attached hydrogens (tertiary/aromatic N) is 3. The van der Waals surface area contributed by atoms with Crippen molar-refractivity contribution in [2.24, 2.45) is 0 Å². The molecule has 1 heterocycles. The smallest absolute Gasteiger partial charge is 0.224 e. The molecule has 1 aliphatic rings. The number of benzene rings is 1. The fraction of sp³-hybridized carbons (Fsp3) is 0.444. The molecule has 1 fully saturated rings. The van der Waals surface area contributed by atoms with Gasteiger partial charge in [0.1, 0.15) is 11.6 Å². The minimum Gasteiger partial charge on any atom is -0.508 e. The van der Waals surface area contributed by atoms with Crippen molar-refractivity contribution in [2.45, 2.75) is 25.2 Å². The van der Waals surface area contributed by atoms with E-state index in [9.17, 15) is 5.11 Å². The van der Waals surface area contributed by atoms with Gasteiger partial charge in [0.05, 0.1) is 5.69 Å². The van der Waals surface area contributed by atoms with Crippen LogP contribution in [0, 0.1) is 0 Å². The van der Waals surface area contributed by atoms with Gasteiger partial charge in [-0.05, 0) is 64.2 Å². The van der Waals surface area contributed by atoms with Crippen LogP contribution in [0.2, 0.25) is 0 Å². The van der Waals surface area contributed by atoms with Gasteiger partial charge in [0.25, 0.3) is 0 Å². The highest BCUT2D eigenvalue weighted by Gasteiger charge is 2.26. The molecule has 0 spiro atoms. The Labute approximate surface area is 142 Å². The van der Waals surface area contributed by atoms with Gasteiger partial charge in [-0.3, -0.25) is 0 Å². The summed E-state index contributed by atoms with van der Waals surface area (Å²) in [6.45, 7) is 1.89. The summed E-state index contributed by atoms with van der Waals surface area (Å²) >= 11 is 0. The minimum absolute atomic E-state index is 0.255. The summed E-state index contributed by atoms with van der Waals surface area (Å²) in [5.41, 5.74) is 1.99. The van der Waals surface area contributed by atoms with Crippen LogP contribution in [0.3, 0.4) is 0 Å². The molecule has 0 unspecified atom stereocenters. The Morgan fingerprint density at radius 1 is 1.17 bits per heavy atom. The lowest BCUT2D eigenvalue weighted by Crippen LogP contribution is -2.17. The Hall–Kier alpha value is -2.34. The number of aromatic nitrogens is 2. The molecule has 1 saturated carbocycles. The number of hydrogen-bond donors (Lipinski definition) is 3. The topological polar surface area (TPSA) is 73.3 Å². The molecule has 3 N–H and O–H groups in total. The van der Waals surface area contributed by atoms with Crippen LogP contribution in [0.1, 0.15) is 30.9 Å². The molecule has 1 aliphatic carbocycles. The molecule has 6 heteroatoms. The van der Waals surface area contributed by atoms with Gasteiger partial charge in [-0.1, -0.05) is 0 Å². The highest BCUT2D eigenvalue weighted by molar-refractivity contribution is 5.58. The average Bonchev–Trinajstić information content (AvgIpc) is 3.38. The first kappa shape index (κ1) is 16.5. The molecule has 1 aromatic heterocycles. The molecule has 1 aromatic carbocycles. The molecule has 0 radical (unpaired) electrons. The summed E-state index contributed by atoms with van der Waals surface area (Å²) in [6.07, 6.45) is 3.45. The quantitative estimate of drug-likeness (QED) is 0.511. The molecule has 3 rings (SSSR count). The van der Waals surface area contributed by atoms with Crippen LogP contribution >= 0.6 is 0 Å². The first-order valence-electron chi connectivity index (χ1n) is 8.44. The zero-order chi connectivity index (χ0) is 16.9. The number of rotatable bonds is 8. The summed E-state index contributed by atoms with van der Waals surface area (Å²) in [7, 11) is 4.15. The zero-order valence-corrected chi connectivity index (χ0v) is 14.3. The van der Waals surface area contributed by atoms with Gasteiger partial charge in [0, 0.05) is 24.2 Å². The fourth-order valence-corrected chi connectivity index (χ4v) is 2.49. The second-order valence-corrected chi connectivity index (χ2v) is 6.53. The van der Waals surface area contributed by atoms with Crippen LogP contribution in [0.25, 0.3) is 0 Å². The molecule has 24 heavy (non-hydrogen) atoms. The Bertz CT molecular complexity index is 668. The first-order chi connectivity index (χ1) is 11.6. The molecule has 0 amide bonds. The van der Waals surface area contributed by atoms with Gasteiger partial charge in [0.2, 0.25) is 5.95 Å². The highest BCUT2D eigenvalue weighted by Crippen LogP contribution is 2.40. The summed E-state index contributed by atoms with van der Waals surface area (Å²) in [5, 5.41) is 16.0. The third kappa shape index (κ3) is 4.83. The summed E-state index contributed by atoms with van der Waals surface area (Å²) in [6, 6.07) is 9.00. The number of phenols is 1. The Morgan fingerprint density at radius 3 is 2.58 bits per heavy atom. The number of aromatic hydroxyl groups is 1. The van der Waals surface area contributed by atoms with Crippen LogP contribution in [-0.4, -0.2) is 47.2 Å². The SMILES string of the molecule is CN(C)CCCNc1nc(Nc2ccc(O)cc2)cc(C2CC2)n1. The lowest BCUT2D eigenvalue weighted by molar-refractivity contribution is 0.405. The van der Waals surface area contributed by atoms with E-state index in [-0.39, 0.29) is 5.75 Å². The van der Waals surface area contributed by atoms with E-state index in [0.717, 1.165) is 36.7 Å². The highest BCUT2D eigenvalue weighted by atomic mass is 16.3. The number of nitrogens with one attached hydrogen (secondary N) is 2. The van der Waals surface area contributed by atoms with Crippen molar-refractivity contribution in [2.75, 3.05) is 37.8 Å². The van der Waals surface area contributed by atoms with Gasteiger partial charge < -0.3 is 20.6 Å². The number of phenolic OH excluding ortho intramolecular Hbond substituents is 1. The average molecular weight is 327 g/mol. The van der Waals surface area contributed by atoms with Gasteiger partial charge >= 0.3 is 0 Å². The van der Waals surface area contributed by atoms with Crippen molar-refractivity contribution in [3.05, 3.63) is 36.0 Å². The van der Waals surface area contributed by atoms with Gasteiger partial charge in [0.15, 0.2) is 0 Å². The molecule has 0 saturated heterocycles. The molecule has 6 nitrogen and oxygen atoms in total. The summed E-state index contributed by atoms with van der Waals surface area (Å²) in [4.78, 5) is 11.4. The van der Waals surface area contributed by atoms with E-state index < -0.39 is 0 Å². The van der Waals surface area contributed by atoms with E-state index in [1.165, 1.54) is 12.8 Å². The third-order valence-electron chi connectivity index (χ3n) is 3.95. The van der Waals surface area contributed by atoms with Crippen molar-refractivity contribution in [3.63, 3.8) is 0 Å². The number of hydrogen-bond acceptors (Lipinski definition) is 6.